The molecule has 1 aromatic rings. The van der Waals surface area contributed by atoms with E-state index in [2.05, 4.69) is 4.72 Å². The van der Waals surface area contributed by atoms with Crippen LogP contribution in [0.3, 0.4) is 0 Å². The fraction of sp³-hybridized carbons (Fsp3) is 0.571. The van der Waals surface area contributed by atoms with Gasteiger partial charge < -0.3 is 9.84 Å². The number of sulfonamides is 1. The summed E-state index contributed by atoms with van der Waals surface area (Å²) in [5.74, 6) is 0.242. The van der Waals surface area contributed by atoms with Crippen molar-refractivity contribution in [2.75, 3.05) is 13.2 Å². The first-order valence-corrected chi connectivity index (χ1v) is 8.36. The fourth-order valence-corrected chi connectivity index (χ4v) is 3.55. The van der Waals surface area contributed by atoms with Crippen LogP contribution in [0.5, 0.6) is 0 Å². The molecule has 0 radical (unpaired) electrons. The molecule has 1 aliphatic heterocycles. The molecular formula is C14H21NO4S. The second-order valence-corrected chi connectivity index (χ2v) is 6.79. The number of rotatable bonds is 6. The first kappa shape index (κ1) is 15.4. The molecule has 1 heterocycles. The fourth-order valence-electron chi connectivity index (χ4n) is 2.45. The van der Waals surface area contributed by atoms with Crippen molar-refractivity contribution in [2.24, 2.45) is 5.92 Å². The number of nitrogens with one attached hydrogen (secondary N) is 1. The Labute approximate surface area is 120 Å². The monoisotopic (exact) mass is 299 g/mol. The molecule has 2 N–H and O–H groups in total. The number of ether oxygens (including phenoxy) is 1. The molecule has 0 bridgehead atoms. The Morgan fingerprint density at radius 2 is 2.05 bits per heavy atom. The highest BCUT2D eigenvalue weighted by Crippen LogP contribution is 2.23. The Kier molecular flexibility index (Phi) is 5.15. The van der Waals surface area contributed by atoms with Crippen LogP contribution >= 0.6 is 0 Å². The van der Waals surface area contributed by atoms with Crippen LogP contribution in [0.15, 0.2) is 29.2 Å². The molecule has 1 aromatic carbocycles. The molecule has 0 spiro atoms. The molecule has 6 heteroatoms. The molecule has 0 aromatic heterocycles. The molecule has 0 amide bonds. The Hall–Kier alpha value is -0.950. The van der Waals surface area contributed by atoms with Gasteiger partial charge in [0, 0.05) is 19.1 Å². The second-order valence-electron chi connectivity index (χ2n) is 5.02. The van der Waals surface area contributed by atoms with E-state index < -0.39 is 10.0 Å². The smallest absolute Gasteiger partial charge is 0.240 e. The molecule has 2 atom stereocenters. The zero-order valence-corrected chi connectivity index (χ0v) is 12.4. The summed E-state index contributed by atoms with van der Waals surface area (Å²) in [6.45, 7) is 3.06. The maximum Gasteiger partial charge on any atom is 0.240 e. The van der Waals surface area contributed by atoms with E-state index >= 15 is 0 Å². The second kappa shape index (κ2) is 6.67. The van der Waals surface area contributed by atoms with E-state index in [1.807, 2.05) is 6.92 Å². The third kappa shape index (κ3) is 3.58. The van der Waals surface area contributed by atoms with Gasteiger partial charge in [-0.05, 0) is 30.5 Å². The van der Waals surface area contributed by atoms with Gasteiger partial charge in [0.25, 0.3) is 0 Å². The minimum absolute atomic E-state index is 0.0919. The largest absolute Gasteiger partial charge is 0.392 e. The molecular weight excluding hydrogens is 278 g/mol. The Morgan fingerprint density at radius 3 is 2.65 bits per heavy atom. The van der Waals surface area contributed by atoms with Crippen LogP contribution in [0.4, 0.5) is 0 Å². The van der Waals surface area contributed by atoms with Crippen molar-refractivity contribution in [1.82, 2.24) is 4.72 Å². The van der Waals surface area contributed by atoms with Crippen molar-refractivity contribution in [3.63, 3.8) is 0 Å². The van der Waals surface area contributed by atoms with Crippen molar-refractivity contribution in [2.45, 2.75) is 37.4 Å². The number of benzene rings is 1. The maximum atomic E-state index is 12.2. The number of aliphatic hydroxyl groups is 1. The summed E-state index contributed by atoms with van der Waals surface area (Å²) in [7, 11) is -3.49. The quantitative estimate of drug-likeness (QED) is 0.829. The van der Waals surface area contributed by atoms with Crippen molar-refractivity contribution in [1.29, 1.82) is 0 Å². The van der Waals surface area contributed by atoms with Gasteiger partial charge in [-0.1, -0.05) is 19.1 Å². The molecule has 1 saturated heterocycles. The van der Waals surface area contributed by atoms with Gasteiger partial charge in [-0.25, -0.2) is 13.1 Å². The molecule has 1 fully saturated rings. The van der Waals surface area contributed by atoms with Crippen LogP contribution in [0.2, 0.25) is 0 Å². The van der Waals surface area contributed by atoms with Gasteiger partial charge in [-0.3, -0.25) is 0 Å². The van der Waals surface area contributed by atoms with Gasteiger partial charge in [0.2, 0.25) is 10.0 Å². The van der Waals surface area contributed by atoms with E-state index in [9.17, 15) is 8.42 Å². The number of hydrogen-bond acceptors (Lipinski definition) is 4. The van der Waals surface area contributed by atoms with Crippen molar-refractivity contribution in [3.8, 4) is 0 Å². The summed E-state index contributed by atoms with van der Waals surface area (Å²) in [6.07, 6.45) is 1.94. The number of hydrogen-bond donors (Lipinski definition) is 2. The van der Waals surface area contributed by atoms with Crippen LogP contribution in [0.1, 0.15) is 25.3 Å². The summed E-state index contributed by atoms with van der Waals surface area (Å²) in [5, 5.41) is 8.96. The van der Waals surface area contributed by atoms with Gasteiger partial charge in [-0.15, -0.1) is 0 Å². The zero-order chi connectivity index (χ0) is 14.6. The highest BCUT2D eigenvalue weighted by molar-refractivity contribution is 7.89. The predicted octanol–water partition coefficient (Wildman–Crippen LogP) is 1.27. The third-order valence-electron chi connectivity index (χ3n) is 3.70. The first-order valence-electron chi connectivity index (χ1n) is 6.88. The molecule has 5 nitrogen and oxygen atoms in total. The third-order valence-corrected chi connectivity index (χ3v) is 5.14. The standard InChI is InChI=1S/C14H21NO4S/c1-2-14-12(7-8-19-14)9-15-20(17,18)13-5-3-11(10-16)4-6-13/h3-6,12,14-16H,2,7-10H2,1H3. The van der Waals surface area contributed by atoms with Gasteiger partial charge in [0.15, 0.2) is 0 Å². The van der Waals surface area contributed by atoms with Gasteiger partial charge >= 0.3 is 0 Å². The lowest BCUT2D eigenvalue weighted by molar-refractivity contribution is 0.0884. The van der Waals surface area contributed by atoms with Gasteiger partial charge in [0.05, 0.1) is 17.6 Å². The zero-order valence-electron chi connectivity index (χ0n) is 11.6. The highest BCUT2D eigenvalue weighted by atomic mass is 32.2. The molecule has 112 valence electrons. The van der Waals surface area contributed by atoms with E-state index in [4.69, 9.17) is 9.84 Å². The summed E-state index contributed by atoms with van der Waals surface area (Å²) in [4.78, 5) is 0.224. The van der Waals surface area contributed by atoms with E-state index in [0.29, 0.717) is 18.7 Å². The van der Waals surface area contributed by atoms with Crippen molar-refractivity contribution in [3.05, 3.63) is 29.8 Å². The lowest BCUT2D eigenvalue weighted by Crippen LogP contribution is -2.32. The van der Waals surface area contributed by atoms with Crippen LogP contribution in [-0.4, -0.2) is 32.8 Å². The molecule has 0 aliphatic carbocycles. The van der Waals surface area contributed by atoms with Crippen LogP contribution < -0.4 is 4.72 Å². The SMILES string of the molecule is CCC1OCCC1CNS(=O)(=O)c1ccc(CO)cc1. The molecule has 0 saturated carbocycles. The van der Waals surface area contributed by atoms with E-state index in [1.165, 1.54) is 12.1 Å². The van der Waals surface area contributed by atoms with Crippen molar-refractivity contribution < 1.29 is 18.3 Å². The summed E-state index contributed by atoms with van der Waals surface area (Å²) in [6, 6.07) is 6.25. The first-order chi connectivity index (χ1) is 9.56. The predicted molar refractivity (Wildman–Crippen MR) is 75.7 cm³/mol. The van der Waals surface area contributed by atoms with Gasteiger partial charge in [0.1, 0.15) is 0 Å². The minimum Gasteiger partial charge on any atom is -0.392 e. The van der Waals surface area contributed by atoms with Crippen LogP contribution in [0, 0.1) is 5.92 Å². The summed E-state index contributed by atoms with van der Waals surface area (Å²) >= 11 is 0. The maximum absolute atomic E-state index is 12.2. The summed E-state index contributed by atoms with van der Waals surface area (Å²) in [5.41, 5.74) is 0.694. The lowest BCUT2D eigenvalue weighted by Gasteiger charge is -2.17. The molecule has 1 aliphatic rings. The van der Waals surface area contributed by atoms with Gasteiger partial charge in [-0.2, -0.15) is 0 Å². The van der Waals surface area contributed by atoms with Crippen LogP contribution in [-0.2, 0) is 21.4 Å². The van der Waals surface area contributed by atoms with E-state index in [1.54, 1.807) is 12.1 Å². The van der Waals surface area contributed by atoms with E-state index in [-0.39, 0.29) is 23.5 Å². The number of aliphatic hydroxyl groups excluding tert-OH is 1. The Balaban J connectivity index is 1.99. The normalized spacial score (nSPS) is 23.1. The average molecular weight is 299 g/mol. The average Bonchev–Trinajstić information content (AvgIpc) is 2.93. The minimum atomic E-state index is -3.49. The van der Waals surface area contributed by atoms with Crippen LogP contribution in [0.25, 0.3) is 0 Å². The van der Waals surface area contributed by atoms with E-state index in [0.717, 1.165) is 12.8 Å². The molecule has 2 unspecified atom stereocenters. The lowest BCUT2D eigenvalue weighted by atomic mass is 10.0. The molecule has 2 rings (SSSR count). The topological polar surface area (TPSA) is 75.6 Å². The highest BCUT2D eigenvalue weighted by Gasteiger charge is 2.28. The summed E-state index contributed by atoms with van der Waals surface area (Å²) < 4.78 is 32.5. The molecule has 20 heavy (non-hydrogen) atoms. The Morgan fingerprint density at radius 1 is 1.35 bits per heavy atom. The Bertz CT molecular complexity index is 527. The van der Waals surface area contributed by atoms with Crippen molar-refractivity contribution >= 4 is 10.0 Å².